The van der Waals surface area contributed by atoms with Crippen LogP contribution in [0.2, 0.25) is 0 Å². The largest absolute Gasteiger partial charge is 0.393 e. The molecule has 3 aromatic heterocycles. The molecule has 0 bridgehead atoms. The molecule has 5 heterocycles. The van der Waals surface area contributed by atoms with Crippen molar-refractivity contribution >= 4 is 17.6 Å². The Kier molecular flexibility index (Phi) is 9.21. The van der Waals surface area contributed by atoms with E-state index in [1.165, 1.54) is 15.4 Å². The summed E-state index contributed by atoms with van der Waals surface area (Å²) < 4.78 is 77.8. The number of fused-ring (bicyclic) bond motifs is 1. The van der Waals surface area contributed by atoms with Crippen LogP contribution >= 0.6 is 0 Å². The number of piperidine rings is 1. The molecule has 0 spiro atoms. The van der Waals surface area contributed by atoms with Gasteiger partial charge in [0, 0.05) is 51.0 Å². The van der Waals surface area contributed by atoms with Crippen LogP contribution in [0.3, 0.4) is 0 Å². The van der Waals surface area contributed by atoms with Gasteiger partial charge in [-0.2, -0.15) is 23.4 Å². The molecule has 12 nitrogen and oxygen atoms in total. The van der Waals surface area contributed by atoms with Crippen LogP contribution < -0.4 is 10.6 Å². The number of likely N-dealkylation sites (N-methyl/N-ethyl adjacent to an activating group) is 1. The SMILES string of the molecule is CCn1nccc1C(=O)N[C@H](c1cn2nc(C[C@H]3C[C@@H](C(F)(F)F)CNC3=O)c(C3COCCN3C)nc2n1)C1CCC(F)(F)CC1. The Labute approximate surface area is 267 Å². The molecule has 0 aromatic carbocycles. The molecule has 2 N–H and O–H groups in total. The standard InChI is InChI=1S/C30H38F5N9O3/c1-3-43-22(6-9-37-43)27(46)39-24(17-4-7-29(31,32)8-5-17)21-15-44-28(38-21)40-25(23-16-47-11-10-42(23)2)20(41-44)13-18-12-19(30(33,34)35)14-36-26(18)45/h6,9,15,17-19,23-24H,3-5,7-8,10-14,16H2,1-2H3,(H,36,45)(H,39,46)/t18-,19-,23?,24+/m1/s1. The molecule has 256 valence electrons. The summed E-state index contributed by atoms with van der Waals surface area (Å²) in [6.07, 6.45) is -2.22. The minimum atomic E-state index is -4.46. The lowest BCUT2D eigenvalue weighted by Gasteiger charge is -2.34. The summed E-state index contributed by atoms with van der Waals surface area (Å²) in [6.45, 7) is 3.14. The van der Waals surface area contributed by atoms with E-state index in [1.807, 2.05) is 18.9 Å². The first-order chi connectivity index (χ1) is 22.3. The van der Waals surface area contributed by atoms with Crippen LogP contribution in [0.4, 0.5) is 22.0 Å². The number of ether oxygens (including phenoxy) is 1. The van der Waals surface area contributed by atoms with Crippen molar-refractivity contribution in [3.63, 3.8) is 0 Å². The van der Waals surface area contributed by atoms with Crippen molar-refractivity contribution in [1.82, 2.24) is 44.9 Å². The lowest BCUT2D eigenvalue weighted by Crippen LogP contribution is -2.47. The molecule has 6 rings (SSSR count). The number of amides is 2. The van der Waals surface area contributed by atoms with E-state index in [1.54, 1.807) is 12.3 Å². The van der Waals surface area contributed by atoms with Gasteiger partial charge >= 0.3 is 6.18 Å². The van der Waals surface area contributed by atoms with Crippen molar-refractivity contribution in [2.45, 2.75) is 76.2 Å². The fourth-order valence-corrected chi connectivity index (χ4v) is 6.80. The number of nitrogens with zero attached hydrogens (tertiary/aromatic N) is 7. The van der Waals surface area contributed by atoms with E-state index >= 15 is 0 Å². The molecule has 17 heteroatoms. The number of morpholine rings is 1. The maximum Gasteiger partial charge on any atom is 0.393 e. The van der Waals surface area contributed by atoms with E-state index in [0.717, 1.165) is 0 Å². The Hall–Kier alpha value is -3.73. The predicted molar refractivity (Wildman–Crippen MR) is 156 cm³/mol. The van der Waals surface area contributed by atoms with Crippen molar-refractivity contribution in [2.75, 3.05) is 33.4 Å². The van der Waals surface area contributed by atoms with Crippen molar-refractivity contribution in [3.05, 3.63) is 41.2 Å². The van der Waals surface area contributed by atoms with Crippen molar-refractivity contribution in [1.29, 1.82) is 0 Å². The molecular formula is C30H38F5N9O3. The molecule has 1 unspecified atom stereocenters. The minimum Gasteiger partial charge on any atom is -0.378 e. The molecular weight excluding hydrogens is 629 g/mol. The van der Waals surface area contributed by atoms with E-state index < -0.39 is 54.4 Å². The fraction of sp³-hybridized carbons (Fsp3) is 0.667. The van der Waals surface area contributed by atoms with Crippen molar-refractivity contribution in [3.8, 4) is 0 Å². The number of alkyl halides is 5. The first-order valence-electron chi connectivity index (χ1n) is 15.9. The number of halogens is 5. The maximum absolute atomic E-state index is 14.2. The van der Waals surface area contributed by atoms with Gasteiger partial charge in [0.1, 0.15) is 5.69 Å². The van der Waals surface area contributed by atoms with Gasteiger partial charge in [-0.15, -0.1) is 0 Å². The van der Waals surface area contributed by atoms with Crippen molar-refractivity contribution < 1.29 is 36.3 Å². The van der Waals surface area contributed by atoms with Gasteiger partial charge in [0.2, 0.25) is 11.8 Å². The van der Waals surface area contributed by atoms with Gasteiger partial charge in [-0.1, -0.05) is 0 Å². The van der Waals surface area contributed by atoms with E-state index in [2.05, 4.69) is 15.7 Å². The number of carbonyl (C=O) groups is 2. The zero-order chi connectivity index (χ0) is 33.5. The first-order valence-corrected chi connectivity index (χ1v) is 15.9. The van der Waals surface area contributed by atoms with Crippen LogP contribution in [0.5, 0.6) is 0 Å². The number of hydrogen-bond acceptors (Lipinski definition) is 8. The topological polar surface area (TPSA) is 132 Å². The van der Waals surface area contributed by atoms with Crippen molar-refractivity contribution in [2.24, 2.45) is 17.8 Å². The first kappa shape index (κ1) is 33.2. The molecule has 1 aliphatic carbocycles. The molecule has 2 aliphatic heterocycles. The van der Waals surface area contributed by atoms with Crippen LogP contribution in [-0.2, 0) is 22.5 Å². The number of aryl methyl sites for hydroxylation is 1. The van der Waals surface area contributed by atoms with Gasteiger partial charge in [-0.25, -0.2) is 23.3 Å². The zero-order valence-corrected chi connectivity index (χ0v) is 26.1. The van der Waals surface area contributed by atoms with Gasteiger partial charge in [-0.3, -0.25) is 19.2 Å². The minimum absolute atomic E-state index is 0.0899. The van der Waals surface area contributed by atoms with Crippen LogP contribution in [0.15, 0.2) is 18.5 Å². The Morgan fingerprint density at radius 1 is 1.23 bits per heavy atom. The molecule has 2 amide bonds. The third kappa shape index (κ3) is 7.10. The summed E-state index contributed by atoms with van der Waals surface area (Å²) in [5.41, 5.74) is 1.44. The number of nitrogens with one attached hydrogen (secondary N) is 2. The van der Waals surface area contributed by atoms with Gasteiger partial charge in [-0.05, 0) is 45.2 Å². The van der Waals surface area contributed by atoms with E-state index in [4.69, 9.17) is 19.8 Å². The monoisotopic (exact) mass is 667 g/mol. The lowest BCUT2D eigenvalue weighted by atomic mass is 9.81. The second-order valence-corrected chi connectivity index (χ2v) is 12.7. The molecule has 3 aliphatic rings. The average molecular weight is 668 g/mol. The second-order valence-electron chi connectivity index (χ2n) is 12.7. The third-order valence-corrected chi connectivity index (χ3v) is 9.60. The average Bonchev–Trinajstić information content (AvgIpc) is 3.67. The Bertz CT molecular complexity index is 1600. The highest BCUT2D eigenvalue weighted by molar-refractivity contribution is 5.92. The lowest BCUT2D eigenvalue weighted by molar-refractivity contribution is -0.183. The molecule has 3 fully saturated rings. The Balaban J connectivity index is 1.37. The normalized spacial score (nSPS) is 25.1. The summed E-state index contributed by atoms with van der Waals surface area (Å²) >= 11 is 0. The van der Waals surface area contributed by atoms with Gasteiger partial charge < -0.3 is 15.4 Å². The summed E-state index contributed by atoms with van der Waals surface area (Å²) in [4.78, 5) is 37.7. The summed E-state index contributed by atoms with van der Waals surface area (Å²) in [5.74, 6) is -6.57. The quantitative estimate of drug-likeness (QED) is 0.349. The van der Waals surface area contributed by atoms with Gasteiger partial charge in [0.15, 0.2) is 0 Å². The molecule has 4 atom stereocenters. The van der Waals surface area contributed by atoms with Gasteiger partial charge in [0.05, 0.1) is 54.5 Å². The molecule has 0 radical (unpaired) electrons. The summed E-state index contributed by atoms with van der Waals surface area (Å²) in [6, 6.07) is 0.419. The number of hydrogen-bond donors (Lipinski definition) is 2. The molecule has 2 saturated heterocycles. The number of rotatable bonds is 8. The van der Waals surface area contributed by atoms with Crippen LogP contribution in [0.1, 0.15) is 78.7 Å². The van der Waals surface area contributed by atoms with E-state index in [-0.39, 0.29) is 56.8 Å². The maximum atomic E-state index is 14.2. The molecule has 47 heavy (non-hydrogen) atoms. The number of aromatic nitrogens is 6. The van der Waals surface area contributed by atoms with Crippen LogP contribution in [0.25, 0.3) is 5.78 Å². The number of imidazole rings is 1. The third-order valence-electron chi connectivity index (χ3n) is 9.60. The highest BCUT2D eigenvalue weighted by Gasteiger charge is 2.45. The Morgan fingerprint density at radius 3 is 2.70 bits per heavy atom. The number of carbonyl (C=O) groups excluding carboxylic acids is 2. The highest BCUT2D eigenvalue weighted by Crippen LogP contribution is 2.41. The van der Waals surface area contributed by atoms with E-state index in [0.29, 0.717) is 42.5 Å². The Morgan fingerprint density at radius 2 is 2.00 bits per heavy atom. The molecule has 1 saturated carbocycles. The van der Waals surface area contributed by atoms with Gasteiger partial charge in [0.25, 0.3) is 11.7 Å². The van der Waals surface area contributed by atoms with Crippen LogP contribution in [0, 0.1) is 17.8 Å². The zero-order valence-electron chi connectivity index (χ0n) is 26.1. The second kappa shape index (κ2) is 13.1. The van der Waals surface area contributed by atoms with E-state index in [9.17, 15) is 31.5 Å². The summed E-state index contributed by atoms with van der Waals surface area (Å²) in [7, 11) is 1.87. The smallest absolute Gasteiger partial charge is 0.378 e. The van der Waals surface area contributed by atoms with Crippen LogP contribution in [-0.4, -0.2) is 91.5 Å². The predicted octanol–water partition coefficient (Wildman–Crippen LogP) is 3.50. The fourth-order valence-electron chi connectivity index (χ4n) is 6.80. The molecule has 3 aromatic rings. The summed E-state index contributed by atoms with van der Waals surface area (Å²) in [5, 5.41) is 14.3. The highest BCUT2D eigenvalue weighted by atomic mass is 19.4.